The summed E-state index contributed by atoms with van der Waals surface area (Å²) in [5, 5.41) is 12.7. The minimum Gasteiger partial charge on any atom is -0.543 e. The van der Waals surface area contributed by atoms with Crippen molar-refractivity contribution >= 4 is 29.3 Å². The van der Waals surface area contributed by atoms with Gasteiger partial charge in [0.1, 0.15) is 16.6 Å². The predicted molar refractivity (Wildman–Crippen MR) is 105 cm³/mol. The Morgan fingerprint density at radius 2 is 1.97 bits per heavy atom. The second-order valence-corrected chi connectivity index (χ2v) is 7.73. The van der Waals surface area contributed by atoms with E-state index in [1.807, 2.05) is 12.1 Å². The summed E-state index contributed by atoms with van der Waals surface area (Å²) in [5.74, 6) is 1.09. The van der Waals surface area contributed by atoms with Crippen molar-refractivity contribution in [3.63, 3.8) is 0 Å². The van der Waals surface area contributed by atoms with Gasteiger partial charge in [-0.2, -0.15) is 0 Å². The second-order valence-electron chi connectivity index (χ2n) is 6.26. The van der Waals surface area contributed by atoms with Gasteiger partial charge in [0.15, 0.2) is 11.5 Å². The molecule has 0 unspecified atom stereocenters. The van der Waals surface area contributed by atoms with Gasteiger partial charge in [-0.1, -0.05) is 23.4 Å². The summed E-state index contributed by atoms with van der Waals surface area (Å²) in [6, 6.07) is 10.7. The van der Waals surface area contributed by atoms with Gasteiger partial charge in [-0.15, -0.1) is 0 Å². The fraction of sp³-hybridized carbons (Fsp3) is 0.200. The van der Waals surface area contributed by atoms with Crippen LogP contribution >= 0.6 is 23.4 Å². The first-order chi connectivity index (χ1) is 14.0. The van der Waals surface area contributed by atoms with Gasteiger partial charge >= 0.3 is 0 Å². The van der Waals surface area contributed by atoms with Crippen molar-refractivity contribution in [2.75, 3.05) is 13.9 Å². The summed E-state index contributed by atoms with van der Waals surface area (Å²) >= 11 is 7.60. The van der Waals surface area contributed by atoms with Crippen molar-refractivity contribution in [3.8, 4) is 17.2 Å². The number of rotatable bonds is 6. The number of aromatic carboxylic acids is 1. The van der Waals surface area contributed by atoms with Crippen molar-refractivity contribution in [3.05, 3.63) is 58.5 Å². The van der Waals surface area contributed by atoms with Gasteiger partial charge in [0, 0.05) is 16.0 Å². The zero-order valence-electron chi connectivity index (χ0n) is 15.6. The predicted octanol–water partition coefficient (Wildman–Crippen LogP) is 3.15. The molecule has 2 heterocycles. The number of carboxylic acid groups (broad SMARTS) is 1. The molecule has 9 heteroatoms. The van der Waals surface area contributed by atoms with Crippen LogP contribution in [0.5, 0.6) is 17.2 Å². The molecular formula is C20H16ClN2O5S-. The van der Waals surface area contributed by atoms with E-state index in [0.29, 0.717) is 38.7 Å². The maximum absolute atomic E-state index is 11.9. The van der Waals surface area contributed by atoms with E-state index in [2.05, 4.69) is 4.98 Å². The Bertz CT molecular complexity index is 1080. The summed E-state index contributed by atoms with van der Waals surface area (Å²) in [6.07, 6.45) is 0. The average molecular weight is 432 g/mol. The number of imidazole rings is 1. The van der Waals surface area contributed by atoms with Gasteiger partial charge in [0.05, 0.1) is 25.3 Å². The Morgan fingerprint density at radius 3 is 2.62 bits per heavy atom. The molecule has 0 bridgehead atoms. The van der Waals surface area contributed by atoms with Crippen molar-refractivity contribution < 1.29 is 24.1 Å². The fourth-order valence-electron chi connectivity index (χ4n) is 3.01. The van der Waals surface area contributed by atoms with Crippen LogP contribution in [0.3, 0.4) is 0 Å². The van der Waals surface area contributed by atoms with Crippen LogP contribution in [0.25, 0.3) is 0 Å². The number of hydrogen-bond acceptors (Lipinski definition) is 7. The van der Waals surface area contributed by atoms with Gasteiger partial charge < -0.3 is 28.7 Å². The molecule has 1 aromatic heterocycles. The Kier molecular flexibility index (Phi) is 5.29. The van der Waals surface area contributed by atoms with Crippen molar-refractivity contribution in [2.24, 2.45) is 0 Å². The summed E-state index contributed by atoms with van der Waals surface area (Å²) in [7, 11) is 1.59. The van der Waals surface area contributed by atoms with Gasteiger partial charge in [-0.25, -0.2) is 4.98 Å². The number of nitrogens with zero attached hydrogens (tertiary/aromatic N) is 2. The normalized spacial score (nSPS) is 12.2. The smallest absolute Gasteiger partial charge is 0.231 e. The van der Waals surface area contributed by atoms with E-state index >= 15 is 0 Å². The van der Waals surface area contributed by atoms with E-state index < -0.39 is 5.97 Å². The highest BCUT2D eigenvalue weighted by atomic mass is 35.5. The molecule has 4 rings (SSSR count). The molecule has 1 aliphatic heterocycles. The molecular weight excluding hydrogens is 416 g/mol. The van der Waals surface area contributed by atoms with Crippen LogP contribution in [-0.2, 0) is 6.54 Å². The standard InChI is InChI=1S/C20H17ClN2O5S/c1-11-22-19(29-14-5-3-13(26-2)4-6-14)18(20(24)25)23(11)9-12-7-16-17(8-15(12)21)28-10-27-16/h3-8H,9-10H2,1-2H3,(H,24,25)/p-1. The van der Waals surface area contributed by atoms with Crippen molar-refractivity contribution in [1.82, 2.24) is 9.55 Å². The zero-order valence-corrected chi connectivity index (χ0v) is 17.2. The van der Waals surface area contributed by atoms with Crippen molar-refractivity contribution in [1.29, 1.82) is 0 Å². The van der Waals surface area contributed by atoms with Crippen LogP contribution in [0.15, 0.2) is 46.3 Å². The number of hydrogen-bond donors (Lipinski definition) is 0. The average Bonchev–Trinajstić information content (AvgIpc) is 3.26. The largest absolute Gasteiger partial charge is 0.543 e. The molecule has 0 N–H and O–H groups in total. The number of aromatic nitrogens is 2. The van der Waals surface area contributed by atoms with E-state index in [9.17, 15) is 9.90 Å². The van der Waals surface area contributed by atoms with E-state index in [0.717, 1.165) is 4.90 Å². The highest BCUT2D eigenvalue weighted by Crippen LogP contribution is 2.38. The first-order valence-electron chi connectivity index (χ1n) is 8.64. The molecule has 3 aromatic rings. The Labute approximate surface area is 176 Å². The molecule has 0 fully saturated rings. The molecule has 0 spiro atoms. The molecule has 0 atom stereocenters. The lowest BCUT2D eigenvalue weighted by Gasteiger charge is -2.14. The molecule has 2 aromatic carbocycles. The minimum absolute atomic E-state index is 0.00273. The Morgan fingerprint density at radius 1 is 1.28 bits per heavy atom. The summed E-state index contributed by atoms with van der Waals surface area (Å²) in [5.41, 5.74) is 0.692. The third-order valence-electron chi connectivity index (χ3n) is 4.46. The number of aryl methyl sites for hydroxylation is 1. The Balaban J connectivity index is 1.68. The molecule has 0 radical (unpaired) electrons. The summed E-state index contributed by atoms with van der Waals surface area (Å²) in [4.78, 5) is 17.2. The van der Waals surface area contributed by atoms with Crippen LogP contribution in [0.2, 0.25) is 5.02 Å². The lowest BCUT2D eigenvalue weighted by atomic mass is 10.2. The minimum atomic E-state index is -1.31. The number of fused-ring (bicyclic) bond motifs is 1. The number of halogens is 1. The number of ether oxygens (including phenoxy) is 3. The zero-order chi connectivity index (χ0) is 20.5. The van der Waals surface area contributed by atoms with E-state index in [1.54, 1.807) is 42.9 Å². The first-order valence-corrected chi connectivity index (χ1v) is 9.84. The summed E-state index contributed by atoms with van der Waals surface area (Å²) in [6.45, 7) is 2.08. The highest BCUT2D eigenvalue weighted by Gasteiger charge is 2.21. The van der Waals surface area contributed by atoms with Gasteiger partial charge in [0.25, 0.3) is 0 Å². The lowest BCUT2D eigenvalue weighted by Crippen LogP contribution is -2.27. The molecule has 0 saturated carbocycles. The second kappa shape index (κ2) is 7.88. The highest BCUT2D eigenvalue weighted by molar-refractivity contribution is 7.99. The summed E-state index contributed by atoms with van der Waals surface area (Å²) < 4.78 is 17.4. The maximum Gasteiger partial charge on any atom is 0.231 e. The molecule has 7 nitrogen and oxygen atoms in total. The SMILES string of the molecule is COc1ccc(Sc2nc(C)n(Cc3cc4c(cc3Cl)OCO4)c2C(=O)[O-])cc1. The molecule has 0 amide bonds. The van der Waals surface area contributed by atoms with Gasteiger partial charge in [-0.3, -0.25) is 0 Å². The fourth-order valence-corrected chi connectivity index (χ4v) is 4.18. The number of carbonyl (C=O) groups excluding carboxylic acids is 1. The monoisotopic (exact) mass is 431 g/mol. The number of carboxylic acids is 1. The van der Waals surface area contributed by atoms with Gasteiger partial charge in [0.2, 0.25) is 6.79 Å². The van der Waals surface area contributed by atoms with Crippen molar-refractivity contribution in [2.45, 2.75) is 23.4 Å². The van der Waals surface area contributed by atoms with Crippen LogP contribution < -0.4 is 19.3 Å². The molecule has 1 aliphatic rings. The molecule has 0 saturated heterocycles. The number of methoxy groups -OCH3 is 1. The number of benzene rings is 2. The van der Waals surface area contributed by atoms with E-state index in [-0.39, 0.29) is 19.0 Å². The van der Waals surface area contributed by atoms with Crippen LogP contribution in [0.4, 0.5) is 0 Å². The molecule has 0 aliphatic carbocycles. The van der Waals surface area contributed by atoms with Gasteiger partial charge in [-0.05, 0) is 42.8 Å². The molecule has 150 valence electrons. The first kappa shape index (κ1) is 19.5. The van der Waals surface area contributed by atoms with E-state index in [4.69, 9.17) is 25.8 Å². The lowest BCUT2D eigenvalue weighted by molar-refractivity contribution is -0.256. The van der Waals surface area contributed by atoms with Crippen LogP contribution in [0.1, 0.15) is 21.9 Å². The quantitative estimate of drug-likeness (QED) is 0.592. The Hall–Kier alpha value is -2.84. The van der Waals surface area contributed by atoms with E-state index in [1.165, 1.54) is 11.8 Å². The topological polar surface area (TPSA) is 85.6 Å². The maximum atomic E-state index is 11.9. The third-order valence-corrected chi connectivity index (χ3v) is 5.80. The number of carbonyl (C=O) groups is 1. The third kappa shape index (κ3) is 3.86. The van der Waals surface area contributed by atoms with Crippen LogP contribution in [0, 0.1) is 6.92 Å². The molecule has 29 heavy (non-hydrogen) atoms. The van der Waals surface area contributed by atoms with Crippen LogP contribution in [-0.4, -0.2) is 29.4 Å².